The van der Waals surface area contributed by atoms with E-state index in [-0.39, 0.29) is 19.5 Å². The van der Waals surface area contributed by atoms with Gasteiger partial charge in [0, 0.05) is 18.3 Å². The lowest BCUT2D eigenvalue weighted by atomic mass is 10.1. The molecule has 0 bridgehead atoms. The molecule has 13 nitrogen and oxygen atoms in total. The summed E-state index contributed by atoms with van der Waals surface area (Å²) in [4.78, 5) is 63.7. The summed E-state index contributed by atoms with van der Waals surface area (Å²) in [7, 11) is 0. The molecule has 1 unspecified atom stereocenters. The second kappa shape index (κ2) is 11.2. The molecule has 1 aromatic rings. The highest BCUT2D eigenvalue weighted by atomic mass is 16.4. The third-order valence-corrected chi connectivity index (χ3v) is 3.12. The molecule has 0 aromatic carbocycles. The minimum Gasteiger partial charge on any atom is -0.480 e. The molecule has 1 heterocycles. The van der Waals surface area contributed by atoms with Crippen molar-refractivity contribution in [1.29, 1.82) is 0 Å². The Morgan fingerprint density at radius 1 is 1.04 bits per heavy atom. The smallest absolute Gasteiger partial charge is 0.322 e. The first kappa shape index (κ1) is 21.6. The van der Waals surface area contributed by atoms with Crippen molar-refractivity contribution in [3.63, 3.8) is 0 Å². The Balaban J connectivity index is 2.60. The van der Waals surface area contributed by atoms with Gasteiger partial charge in [-0.2, -0.15) is 0 Å². The number of amides is 4. The largest absolute Gasteiger partial charge is 0.480 e. The number of aromatic nitrogens is 2. The maximum Gasteiger partial charge on any atom is 0.322 e. The standard InChI is InChI=1S/C14H21N7O6/c15-2-10(22)17-5-12(24)21-9(1-8-3-16-7-20-8)14(27)19-4-11(23)18-6-13(25)26/h3,7,9H,1-2,4-6,15H2,(H,16,20)(H,17,22)(H,18,23)(H,19,27)(H,21,24)(H,25,26). The Morgan fingerprint density at radius 2 is 1.70 bits per heavy atom. The van der Waals surface area contributed by atoms with E-state index in [1.165, 1.54) is 12.5 Å². The van der Waals surface area contributed by atoms with Crippen molar-refractivity contribution in [3.8, 4) is 0 Å². The highest BCUT2D eigenvalue weighted by molar-refractivity contribution is 5.92. The van der Waals surface area contributed by atoms with Gasteiger partial charge in [0.05, 0.1) is 26.0 Å². The number of H-pyrrole nitrogens is 1. The van der Waals surface area contributed by atoms with Crippen LogP contribution in [-0.2, 0) is 30.4 Å². The predicted molar refractivity (Wildman–Crippen MR) is 89.9 cm³/mol. The zero-order valence-electron chi connectivity index (χ0n) is 14.3. The van der Waals surface area contributed by atoms with Crippen LogP contribution in [0.2, 0.25) is 0 Å². The van der Waals surface area contributed by atoms with Crippen molar-refractivity contribution in [2.45, 2.75) is 12.5 Å². The first-order valence-corrected chi connectivity index (χ1v) is 7.81. The fourth-order valence-corrected chi connectivity index (χ4v) is 1.85. The van der Waals surface area contributed by atoms with Crippen molar-refractivity contribution in [3.05, 3.63) is 18.2 Å². The zero-order valence-corrected chi connectivity index (χ0v) is 14.3. The Morgan fingerprint density at radius 3 is 2.30 bits per heavy atom. The molecule has 0 spiro atoms. The van der Waals surface area contributed by atoms with Gasteiger partial charge in [0.2, 0.25) is 23.6 Å². The van der Waals surface area contributed by atoms with Gasteiger partial charge in [-0.3, -0.25) is 24.0 Å². The number of nitrogens with zero attached hydrogens (tertiary/aromatic N) is 1. The number of rotatable bonds is 11. The van der Waals surface area contributed by atoms with Crippen LogP contribution >= 0.6 is 0 Å². The van der Waals surface area contributed by atoms with Crippen LogP contribution in [0.15, 0.2) is 12.5 Å². The van der Waals surface area contributed by atoms with E-state index in [0.29, 0.717) is 5.69 Å². The number of carbonyl (C=O) groups is 5. The van der Waals surface area contributed by atoms with E-state index in [4.69, 9.17) is 10.8 Å². The number of carboxylic acids is 1. The molecule has 0 radical (unpaired) electrons. The van der Waals surface area contributed by atoms with Gasteiger partial charge in [-0.1, -0.05) is 0 Å². The van der Waals surface area contributed by atoms with Gasteiger partial charge in [-0.05, 0) is 0 Å². The van der Waals surface area contributed by atoms with Crippen molar-refractivity contribution < 1.29 is 29.1 Å². The maximum absolute atomic E-state index is 12.3. The van der Waals surface area contributed by atoms with Crippen LogP contribution in [0.5, 0.6) is 0 Å². The number of aromatic amines is 1. The molecule has 27 heavy (non-hydrogen) atoms. The van der Waals surface area contributed by atoms with Gasteiger partial charge in [0.15, 0.2) is 0 Å². The van der Waals surface area contributed by atoms with E-state index in [1.54, 1.807) is 0 Å². The Bertz CT molecular complexity index is 676. The first-order chi connectivity index (χ1) is 12.8. The van der Waals surface area contributed by atoms with Crippen LogP contribution in [0.3, 0.4) is 0 Å². The number of nitrogens with two attached hydrogens (primary N) is 1. The van der Waals surface area contributed by atoms with Gasteiger partial charge >= 0.3 is 5.97 Å². The van der Waals surface area contributed by atoms with Crippen molar-refractivity contribution in [2.24, 2.45) is 5.73 Å². The van der Waals surface area contributed by atoms with Crippen LogP contribution in [0.25, 0.3) is 0 Å². The molecule has 0 saturated heterocycles. The highest BCUT2D eigenvalue weighted by Gasteiger charge is 2.22. The molecular formula is C14H21N7O6. The second-order valence-corrected chi connectivity index (χ2v) is 5.27. The number of carbonyl (C=O) groups excluding carboxylic acids is 4. The van der Waals surface area contributed by atoms with Crippen LogP contribution in [-0.4, -0.2) is 76.9 Å². The molecule has 0 fully saturated rings. The molecule has 1 atom stereocenters. The molecule has 148 valence electrons. The van der Waals surface area contributed by atoms with Crippen molar-refractivity contribution in [1.82, 2.24) is 31.2 Å². The third kappa shape index (κ3) is 8.97. The molecule has 0 aliphatic carbocycles. The number of carboxylic acid groups (broad SMARTS) is 1. The van der Waals surface area contributed by atoms with Crippen LogP contribution in [0, 0.1) is 0 Å². The van der Waals surface area contributed by atoms with E-state index < -0.39 is 48.7 Å². The topological polar surface area (TPSA) is 208 Å². The lowest BCUT2D eigenvalue weighted by Gasteiger charge is -2.18. The number of imidazole rings is 1. The summed E-state index contributed by atoms with van der Waals surface area (Å²) in [5, 5.41) is 17.6. The monoisotopic (exact) mass is 383 g/mol. The summed E-state index contributed by atoms with van der Waals surface area (Å²) in [6.45, 7) is -1.70. The number of hydrogen-bond acceptors (Lipinski definition) is 7. The minimum absolute atomic E-state index is 0.0547. The van der Waals surface area contributed by atoms with E-state index >= 15 is 0 Å². The Kier molecular flexibility index (Phi) is 8.94. The molecule has 4 amide bonds. The van der Waals surface area contributed by atoms with Crippen LogP contribution < -0.4 is 27.0 Å². The van der Waals surface area contributed by atoms with Gasteiger partial charge in [0.1, 0.15) is 12.6 Å². The number of nitrogens with one attached hydrogen (secondary N) is 5. The second-order valence-electron chi connectivity index (χ2n) is 5.27. The van der Waals surface area contributed by atoms with E-state index in [1.807, 2.05) is 0 Å². The summed E-state index contributed by atoms with van der Waals surface area (Å²) >= 11 is 0. The fraction of sp³-hybridized carbons (Fsp3) is 0.429. The van der Waals surface area contributed by atoms with E-state index in [9.17, 15) is 24.0 Å². The number of aliphatic carboxylic acids is 1. The summed E-state index contributed by atoms with van der Waals surface area (Å²) < 4.78 is 0. The minimum atomic E-state index is -1.22. The predicted octanol–water partition coefficient (Wildman–Crippen LogP) is -4.17. The molecule has 13 heteroatoms. The molecule has 8 N–H and O–H groups in total. The molecule has 0 saturated carbocycles. The molecule has 1 rings (SSSR count). The summed E-state index contributed by atoms with van der Waals surface area (Å²) in [5.74, 6) is -3.76. The van der Waals surface area contributed by atoms with E-state index in [2.05, 4.69) is 31.2 Å². The summed E-state index contributed by atoms with van der Waals surface area (Å²) in [6.07, 6.45) is 2.91. The normalized spacial score (nSPS) is 11.1. The SMILES string of the molecule is NCC(=O)NCC(=O)NC(Cc1cnc[nH]1)C(=O)NCC(=O)NCC(=O)O. The van der Waals surface area contributed by atoms with E-state index in [0.717, 1.165) is 0 Å². The molecule has 1 aromatic heterocycles. The average Bonchev–Trinajstić information content (AvgIpc) is 3.14. The lowest BCUT2D eigenvalue weighted by molar-refractivity contribution is -0.138. The van der Waals surface area contributed by atoms with Gasteiger partial charge in [-0.25, -0.2) is 4.98 Å². The van der Waals surface area contributed by atoms with Crippen molar-refractivity contribution >= 4 is 29.6 Å². The average molecular weight is 383 g/mol. The Hall–Kier alpha value is -3.48. The third-order valence-electron chi connectivity index (χ3n) is 3.12. The summed E-state index contributed by atoms with van der Waals surface area (Å²) in [5.41, 5.74) is 5.67. The van der Waals surface area contributed by atoms with Gasteiger partial charge < -0.3 is 37.1 Å². The molecule has 0 aliphatic rings. The quantitative estimate of drug-likeness (QED) is 0.199. The van der Waals surface area contributed by atoms with Gasteiger partial charge in [-0.15, -0.1) is 0 Å². The van der Waals surface area contributed by atoms with Crippen LogP contribution in [0.1, 0.15) is 5.69 Å². The maximum atomic E-state index is 12.3. The first-order valence-electron chi connectivity index (χ1n) is 7.81. The Labute approximate surface area is 153 Å². The molecule has 0 aliphatic heterocycles. The summed E-state index contributed by atoms with van der Waals surface area (Å²) in [6, 6.07) is -1.06. The fourth-order valence-electron chi connectivity index (χ4n) is 1.85. The van der Waals surface area contributed by atoms with Crippen LogP contribution in [0.4, 0.5) is 0 Å². The highest BCUT2D eigenvalue weighted by Crippen LogP contribution is 1.99. The van der Waals surface area contributed by atoms with Gasteiger partial charge in [0.25, 0.3) is 0 Å². The van der Waals surface area contributed by atoms with Crippen molar-refractivity contribution in [2.75, 3.05) is 26.2 Å². The lowest BCUT2D eigenvalue weighted by Crippen LogP contribution is -2.52. The molecular weight excluding hydrogens is 362 g/mol. The number of hydrogen-bond donors (Lipinski definition) is 7. The zero-order chi connectivity index (χ0) is 20.2.